The number of alkyl halides is 2. The minimum atomic E-state index is -2.65. The van der Waals surface area contributed by atoms with Crippen LogP contribution in [0.25, 0.3) is 11.2 Å². The second-order valence-electron chi connectivity index (χ2n) is 6.64. The topological polar surface area (TPSA) is 68.0 Å². The van der Waals surface area contributed by atoms with Crippen LogP contribution in [-0.4, -0.2) is 31.1 Å². The van der Waals surface area contributed by atoms with E-state index in [1.807, 2.05) is 19.9 Å². The summed E-state index contributed by atoms with van der Waals surface area (Å²) in [4.78, 5) is 12.9. The standard InChI is InChI=1S/C19H22F2N6/c1-5-13(14-9-24-19(25-12(14)4)23-8-11(2)3)15-6-7-17-22-10-16(18(20)21)27(17)26-15/h5-7,9-11,18H,8H2,1-4H3,(H,23,24,25)/b13-5+. The van der Waals surface area contributed by atoms with E-state index in [1.165, 1.54) is 4.52 Å². The highest BCUT2D eigenvalue weighted by atomic mass is 19.3. The summed E-state index contributed by atoms with van der Waals surface area (Å²) >= 11 is 0. The highest BCUT2D eigenvalue weighted by molar-refractivity contribution is 5.78. The molecule has 3 aromatic heterocycles. The van der Waals surface area contributed by atoms with Gasteiger partial charge in [-0.25, -0.2) is 28.2 Å². The van der Waals surface area contributed by atoms with Crippen molar-refractivity contribution in [2.24, 2.45) is 5.92 Å². The van der Waals surface area contributed by atoms with Crippen molar-refractivity contribution in [1.29, 1.82) is 0 Å². The number of anilines is 1. The molecule has 1 N–H and O–H groups in total. The van der Waals surface area contributed by atoms with Crippen LogP contribution in [-0.2, 0) is 0 Å². The fourth-order valence-corrected chi connectivity index (χ4v) is 2.74. The summed E-state index contributed by atoms with van der Waals surface area (Å²) in [5.41, 5.74) is 3.07. The van der Waals surface area contributed by atoms with E-state index in [4.69, 9.17) is 0 Å². The van der Waals surface area contributed by atoms with E-state index in [0.717, 1.165) is 29.6 Å². The number of allylic oxidation sites excluding steroid dienone is 1. The molecule has 142 valence electrons. The lowest BCUT2D eigenvalue weighted by Crippen LogP contribution is -2.12. The number of halogens is 2. The summed E-state index contributed by atoms with van der Waals surface area (Å²) in [5, 5.41) is 7.56. The van der Waals surface area contributed by atoms with E-state index in [1.54, 1.807) is 18.3 Å². The molecule has 0 aliphatic rings. The largest absolute Gasteiger partial charge is 0.354 e. The summed E-state index contributed by atoms with van der Waals surface area (Å²) in [6, 6.07) is 3.43. The van der Waals surface area contributed by atoms with Crippen LogP contribution in [0.5, 0.6) is 0 Å². The minimum Gasteiger partial charge on any atom is -0.354 e. The Kier molecular flexibility index (Phi) is 5.43. The Balaban J connectivity index is 1.98. The number of aryl methyl sites for hydroxylation is 1. The van der Waals surface area contributed by atoms with Crippen LogP contribution in [0, 0.1) is 12.8 Å². The molecule has 0 radical (unpaired) electrons. The Morgan fingerprint density at radius 2 is 2.00 bits per heavy atom. The summed E-state index contributed by atoms with van der Waals surface area (Å²) in [7, 11) is 0. The zero-order valence-electron chi connectivity index (χ0n) is 15.7. The molecule has 0 atom stereocenters. The highest BCUT2D eigenvalue weighted by Gasteiger charge is 2.17. The first-order chi connectivity index (χ1) is 12.9. The lowest BCUT2D eigenvalue weighted by molar-refractivity contribution is 0.143. The summed E-state index contributed by atoms with van der Waals surface area (Å²) in [6.07, 6.45) is 2.11. The molecular formula is C19H22F2N6. The molecule has 0 aliphatic carbocycles. The van der Waals surface area contributed by atoms with Crippen molar-refractivity contribution in [3.05, 3.63) is 53.2 Å². The average molecular weight is 372 g/mol. The predicted molar refractivity (Wildman–Crippen MR) is 101 cm³/mol. The fourth-order valence-electron chi connectivity index (χ4n) is 2.74. The second-order valence-corrected chi connectivity index (χ2v) is 6.64. The van der Waals surface area contributed by atoms with E-state index in [9.17, 15) is 8.78 Å². The number of hydrogen-bond acceptors (Lipinski definition) is 5. The maximum absolute atomic E-state index is 13.2. The summed E-state index contributed by atoms with van der Waals surface area (Å²) in [6.45, 7) is 8.76. The van der Waals surface area contributed by atoms with Gasteiger partial charge in [-0.3, -0.25) is 0 Å². The summed E-state index contributed by atoms with van der Waals surface area (Å²) < 4.78 is 27.5. The molecule has 0 saturated heterocycles. The Hall–Kier alpha value is -2.90. The molecule has 0 aliphatic heterocycles. The Bertz CT molecular complexity index is 977. The summed E-state index contributed by atoms with van der Waals surface area (Å²) in [5.74, 6) is 1.05. The lowest BCUT2D eigenvalue weighted by atomic mass is 10.0. The van der Waals surface area contributed by atoms with Crippen molar-refractivity contribution >= 4 is 17.2 Å². The van der Waals surface area contributed by atoms with Crippen LogP contribution in [0.2, 0.25) is 0 Å². The van der Waals surface area contributed by atoms with Crippen LogP contribution in [0.15, 0.2) is 30.6 Å². The molecule has 27 heavy (non-hydrogen) atoms. The van der Waals surface area contributed by atoms with E-state index in [2.05, 4.69) is 39.2 Å². The van der Waals surface area contributed by atoms with Gasteiger partial charge in [0, 0.05) is 23.9 Å². The van der Waals surface area contributed by atoms with Crippen molar-refractivity contribution in [2.75, 3.05) is 11.9 Å². The average Bonchev–Trinajstić information content (AvgIpc) is 3.05. The number of nitrogens with one attached hydrogen (secondary N) is 1. The molecule has 3 rings (SSSR count). The SMILES string of the molecule is C/C=C(/c1ccc2ncc(C(F)F)n2n1)c1cnc(NCC(C)C)nc1C. The van der Waals surface area contributed by atoms with Crippen LogP contribution < -0.4 is 5.32 Å². The number of imidazole rings is 1. The second kappa shape index (κ2) is 7.77. The maximum atomic E-state index is 13.2. The molecule has 0 amide bonds. The smallest absolute Gasteiger partial charge is 0.282 e. The van der Waals surface area contributed by atoms with Crippen molar-refractivity contribution in [3.63, 3.8) is 0 Å². The fraction of sp³-hybridized carbons (Fsp3) is 0.368. The molecule has 0 aromatic carbocycles. The first kappa shape index (κ1) is 18.9. The van der Waals surface area contributed by atoms with Gasteiger partial charge in [-0.05, 0) is 31.9 Å². The van der Waals surface area contributed by atoms with Crippen molar-refractivity contribution < 1.29 is 8.78 Å². The van der Waals surface area contributed by atoms with Gasteiger partial charge in [-0.2, -0.15) is 5.10 Å². The number of aromatic nitrogens is 5. The molecule has 0 spiro atoms. The van der Waals surface area contributed by atoms with Gasteiger partial charge < -0.3 is 5.32 Å². The van der Waals surface area contributed by atoms with Gasteiger partial charge in [0.15, 0.2) is 5.65 Å². The quantitative estimate of drug-likeness (QED) is 0.699. The van der Waals surface area contributed by atoms with Crippen molar-refractivity contribution in [3.8, 4) is 0 Å². The van der Waals surface area contributed by atoms with Crippen LogP contribution in [0.3, 0.4) is 0 Å². The van der Waals surface area contributed by atoms with Crippen LogP contribution in [0.4, 0.5) is 14.7 Å². The molecule has 6 nitrogen and oxygen atoms in total. The molecule has 0 fully saturated rings. The molecule has 8 heteroatoms. The molecule has 0 unspecified atom stereocenters. The first-order valence-electron chi connectivity index (χ1n) is 8.78. The predicted octanol–water partition coefficient (Wildman–Crippen LogP) is 4.28. The lowest BCUT2D eigenvalue weighted by Gasteiger charge is -2.12. The Labute approximate surface area is 156 Å². The third-order valence-electron chi connectivity index (χ3n) is 4.11. The first-order valence-corrected chi connectivity index (χ1v) is 8.78. The third kappa shape index (κ3) is 3.94. The van der Waals surface area contributed by atoms with E-state index in [0.29, 0.717) is 23.2 Å². The molecular weight excluding hydrogens is 350 g/mol. The van der Waals surface area contributed by atoms with Crippen molar-refractivity contribution in [1.82, 2.24) is 24.6 Å². The van der Waals surface area contributed by atoms with Gasteiger partial charge in [0.2, 0.25) is 5.95 Å². The Morgan fingerprint density at radius 1 is 1.22 bits per heavy atom. The molecule has 0 saturated carbocycles. The zero-order chi connectivity index (χ0) is 19.6. The van der Waals surface area contributed by atoms with Crippen LogP contribution >= 0.6 is 0 Å². The Morgan fingerprint density at radius 3 is 2.63 bits per heavy atom. The van der Waals surface area contributed by atoms with Crippen molar-refractivity contribution in [2.45, 2.75) is 34.1 Å². The molecule has 3 aromatic rings. The van der Waals surface area contributed by atoms with Crippen LogP contribution in [0.1, 0.15) is 49.8 Å². The number of nitrogens with zero attached hydrogens (tertiary/aromatic N) is 5. The van der Waals surface area contributed by atoms with Gasteiger partial charge in [0.05, 0.1) is 17.6 Å². The van der Waals surface area contributed by atoms with Gasteiger partial charge in [0.25, 0.3) is 6.43 Å². The zero-order valence-corrected chi connectivity index (χ0v) is 15.7. The van der Waals surface area contributed by atoms with E-state index in [-0.39, 0.29) is 5.69 Å². The third-order valence-corrected chi connectivity index (χ3v) is 4.11. The number of hydrogen-bond donors (Lipinski definition) is 1. The monoisotopic (exact) mass is 372 g/mol. The minimum absolute atomic E-state index is 0.233. The van der Waals surface area contributed by atoms with E-state index >= 15 is 0 Å². The van der Waals surface area contributed by atoms with Gasteiger partial charge in [-0.15, -0.1) is 0 Å². The number of rotatable bonds is 6. The number of fused-ring (bicyclic) bond motifs is 1. The van der Waals surface area contributed by atoms with Gasteiger partial charge >= 0.3 is 0 Å². The van der Waals surface area contributed by atoms with E-state index < -0.39 is 6.43 Å². The van der Waals surface area contributed by atoms with Gasteiger partial charge in [0.1, 0.15) is 5.69 Å². The normalized spacial score (nSPS) is 12.4. The highest BCUT2D eigenvalue weighted by Crippen LogP contribution is 2.26. The maximum Gasteiger partial charge on any atom is 0.282 e. The van der Waals surface area contributed by atoms with Gasteiger partial charge in [-0.1, -0.05) is 19.9 Å². The molecule has 0 bridgehead atoms. The molecule has 3 heterocycles.